The normalized spacial score (nSPS) is 14.6. The van der Waals surface area contributed by atoms with E-state index in [2.05, 4.69) is 9.71 Å². The molecule has 0 bridgehead atoms. The summed E-state index contributed by atoms with van der Waals surface area (Å²) in [5, 5.41) is 0. The third-order valence-electron chi connectivity index (χ3n) is 5.35. The predicted molar refractivity (Wildman–Crippen MR) is 121 cm³/mol. The number of rotatable bonds is 9. The molecule has 0 spiro atoms. The van der Waals surface area contributed by atoms with Crippen molar-refractivity contribution in [2.45, 2.75) is 42.4 Å². The lowest BCUT2D eigenvalue weighted by atomic mass is 10.2. The molecule has 0 atom stereocenters. The molecule has 3 aromatic rings. The maximum atomic E-state index is 12.7. The fraction of sp³-hybridized carbons (Fsp3) is 0.318. The Morgan fingerprint density at radius 3 is 2.09 bits per heavy atom. The summed E-state index contributed by atoms with van der Waals surface area (Å²) in [7, 11) is -7.53. The number of sulfonamides is 2. The van der Waals surface area contributed by atoms with Crippen molar-refractivity contribution in [1.82, 2.24) is 9.29 Å². The Morgan fingerprint density at radius 2 is 1.53 bits per heavy atom. The predicted octanol–water partition coefficient (Wildman–Crippen LogP) is 4.05. The van der Waals surface area contributed by atoms with Gasteiger partial charge in [0.1, 0.15) is 0 Å². The second kappa shape index (κ2) is 8.68. The van der Waals surface area contributed by atoms with E-state index in [4.69, 9.17) is 4.42 Å². The molecular weight excluding hydrogens is 450 g/mol. The molecule has 8 nitrogen and oxygen atoms in total. The van der Waals surface area contributed by atoms with E-state index < -0.39 is 20.0 Å². The molecule has 0 saturated heterocycles. The van der Waals surface area contributed by atoms with Crippen LogP contribution in [0, 0.1) is 0 Å². The van der Waals surface area contributed by atoms with Crippen molar-refractivity contribution in [3.05, 3.63) is 60.6 Å². The Bertz CT molecular complexity index is 1290. The molecule has 0 unspecified atom stereocenters. The number of hydrogen-bond donors (Lipinski definition) is 1. The summed E-state index contributed by atoms with van der Waals surface area (Å²) in [5.74, 6) is 1.81. The van der Waals surface area contributed by atoms with Gasteiger partial charge in [0.2, 0.25) is 10.0 Å². The first kappa shape index (κ1) is 22.5. The molecule has 0 radical (unpaired) electrons. The van der Waals surface area contributed by atoms with E-state index in [-0.39, 0.29) is 9.79 Å². The molecule has 32 heavy (non-hydrogen) atoms. The highest BCUT2D eigenvalue weighted by Crippen LogP contribution is 2.40. The summed E-state index contributed by atoms with van der Waals surface area (Å²) < 4.78 is 60.3. The van der Waals surface area contributed by atoms with Gasteiger partial charge in [-0.05, 0) is 61.4 Å². The molecule has 170 valence electrons. The van der Waals surface area contributed by atoms with Gasteiger partial charge in [-0.25, -0.2) is 21.8 Å². The van der Waals surface area contributed by atoms with Crippen LogP contribution in [0.3, 0.4) is 0 Å². The molecule has 1 aliphatic carbocycles. The highest BCUT2D eigenvalue weighted by Gasteiger charge is 2.28. The third kappa shape index (κ3) is 4.57. The van der Waals surface area contributed by atoms with Gasteiger partial charge in [-0.3, -0.25) is 4.72 Å². The van der Waals surface area contributed by atoms with Crippen molar-refractivity contribution in [3.8, 4) is 11.3 Å². The molecule has 4 rings (SSSR count). The second-order valence-corrected chi connectivity index (χ2v) is 11.2. The summed E-state index contributed by atoms with van der Waals surface area (Å²) in [6.07, 6.45) is 3.88. The number of anilines is 1. The van der Waals surface area contributed by atoms with Crippen molar-refractivity contribution in [2.75, 3.05) is 17.8 Å². The molecule has 0 aliphatic heterocycles. The van der Waals surface area contributed by atoms with Gasteiger partial charge in [0.25, 0.3) is 10.0 Å². The Balaban J connectivity index is 1.49. The molecule has 1 aliphatic rings. The van der Waals surface area contributed by atoms with Crippen LogP contribution in [0.4, 0.5) is 5.69 Å². The summed E-state index contributed by atoms with van der Waals surface area (Å²) in [5.41, 5.74) is 1.19. The van der Waals surface area contributed by atoms with Crippen LogP contribution in [-0.4, -0.2) is 39.2 Å². The average molecular weight is 476 g/mol. The standard InChI is InChI=1S/C22H25N3O5S2/c1-3-25(4-2)32(28,29)20-13-11-19(12-14-20)31(26,27)24-18-9-7-16(8-10-18)21-15-23-22(30-21)17-5-6-17/h7-15,17,24H,3-6H2,1-2H3. The molecule has 1 heterocycles. The van der Waals surface area contributed by atoms with Gasteiger partial charge in [0.15, 0.2) is 11.7 Å². The summed E-state index contributed by atoms with van der Waals surface area (Å²) in [4.78, 5) is 4.33. The molecule has 1 fully saturated rings. The minimum absolute atomic E-state index is 0.0237. The van der Waals surface area contributed by atoms with Crippen LogP contribution < -0.4 is 4.72 Å². The van der Waals surface area contributed by atoms with E-state index in [0.717, 1.165) is 24.3 Å². The Hall–Kier alpha value is -2.69. The van der Waals surface area contributed by atoms with Gasteiger partial charge in [-0.15, -0.1) is 0 Å². The molecular formula is C22H25N3O5S2. The summed E-state index contributed by atoms with van der Waals surface area (Å²) in [6.45, 7) is 4.19. The average Bonchev–Trinajstić information content (AvgIpc) is 3.51. The molecule has 10 heteroatoms. The van der Waals surface area contributed by atoms with Crippen molar-refractivity contribution in [1.29, 1.82) is 0 Å². The number of oxazole rings is 1. The monoisotopic (exact) mass is 475 g/mol. The van der Waals surface area contributed by atoms with Crippen molar-refractivity contribution >= 4 is 25.7 Å². The molecule has 1 N–H and O–H groups in total. The maximum Gasteiger partial charge on any atom is 0.261 e. The van der Waals surface area contributed by atoms with Crippen molar-refractivity contribution in [2.24, 2.45) is 0 Å². The number of nitrogens with zero attached hydrogens (tertiary/aromatic N) is 2. The van der Waals surface area contributed by atoms with Gasteiger partial charge in [0.05, 0.1) is 16.0 Å². The van der Waals surface area contributed by atoms with Gasteiger partial charge < -0.3 is 4.42 Å². The zero-order chi connectivity index (χ0) is 22.9. The maximum absolute atomic E-state index is 12.7. The zero-order valence-electron chi connectivity index (χ0n) is 17.9. The second-order valence-electron chi connectivity index (χ2n) is 7.58. The van der Waals surface area contributed by atoms with Crippen LogP contribution in [0.25, 0.3) is 11.3 Å². The van der Waals surface area contributed by atoms with Gasteiger partial charge in [0, 0.05) is 30.3 Å². The first-order valence-corrected chi connectivity index (χ1v) is 13.4. The smallest absolute Gasteiger partial charge is 0.261 e. The first-order valence-electron chi connectivity index (χ1n) is 10.4. The van der Waals surface area contributed by atoms with Crippen LogP contribution in [0.5, 0.6) is 0 Å². The number of nitrogens with one attached hydrogen (secondary N) is 1. The highest BCUT2D eigenvalue weighted by atomic mass is 32.2. The fourth-order valence-corrected chi connectivity index (χ4v) is 5.88. The lowest BCUT2D eigenvalue weighted by molar-refractivity contribution is 0.445. The molecule has 2 aromatic carbocycles. The zero-order valence-corrected chi connectivity index (χ0v) is 19.5. The largest absolute Gasteiger partial charge is 0.440 e. The van der Waals surface area contributed by atoms with Gasteiger partial charge in [-0.2, -0.15) is 4.31 Å². The Kier molecular flexibility index (Phi) is 6.11. The van der Waals surface area contributed by atoms with Gasteiger partial charge >= 0.3 is 0 Å². The lowest BCUT2D eigenvalue weighted by Crippen LogP contribution is -2.30. The number of aromatic nitrogens is 1. The minimum Gasteiger partial charge on any atom is -0.440 e. The third-order valence-corrected chi connectivity index (χ3v) is 8.81. The van der Waals surface area contributed by atoms with E-state index in [1.165, 1.54) is 28.6 Å². The minimum atomic E-state index is -3.88. The van der Waals surface area contributed by atoms with E-state index >= 15 is 0 Å². The lowest BCUT2D eigenvalue weighted by Gasteiger charge is -2.18. The SMILES string of the molecule is CCN(CC)S(=O)(=O)c1ccc(S(=O)(=O)Nc2ccc(-c3cnc(C4CC4)o3)cc2)cc1. The Morgan fingerprint density at radius 1 is 0.938 bits per heavy atom. The van der Waals surface area contributed by atoms with E-state index in [1.54, 1.807) is 44.3 Å². The van der Waals surface area contributed by atoms with Gasteiger partial charge in [-0.1, -0.05) is 13.8 Å². The van der Waals surface area contributed by atoms with E-state index in [9.17, 15) is 16.8 Å². The number of hydrogen-bond acceptors (Lipinski definition) is 6. The van der Waals surface area contributed by atoms with Crippen LogP contribution in [0.15, 0.2) is 68.9 Å². The van der Waals surface area contributed by atoms with E-state index in [1.807, 2.05) is 0 Å². The number of benzene rings is 2. The topological polar surface area (TPSA) is 110 Å². The van der Waals surface area contributed by atoms with Crippen molar-refractivity contribution in [3.63, 3.8) is 0 Å². The fourth-order valence-electron chi connectivity index (χ4n) is 3.36. The quantitative estimate of drug-likeness (QED) is 0.500. The summed E-state index contributed by atoms with van der Waals surface area (Å²) in [6, 6.07) is 12.0. The molecule has 1 aromatic heterocycles. The van der Waals surface area contributed by atoms with Crippen LogP contribution in [-0.2, 0) is 20.0 Å². The molecule has 0 amide bonds. The first-order chi connectivity index (χ1) is 15.2. The van der Waals surface area contributed by atoms with Crippen LogP contribution in [0.2, 0.25) is 0 Å². The van der Waals surface area contributed by atoms with Crippen molar-refractivity contribution < 1.29 is 21.3 Å². The van der Waals surface area contributed by atoms with Crippen LogP contribution >= 0.6 is 0 Å². The van der Waals surface area contributed by atoms with E-state index in [0.29, 0.717) is 30.5 Å². The molecule has 1 saturated carbocycles. The summed E-state index contributed by atoms with van der Waals surface area (Å²) >= 11 is 0. The Labute approximate surface area is 188 Å². The highest BCUT2D eigenvalue weighted by molar-refractivity contribution is 7.92. The van der Waals surface area contributed by atoms with Crippen LogP contribution in [0.1, 0.15) is 38.5 Å².